The summed E-state index contributed by atoms with van der Waals surface area (Å²) in [5, 5.41) is 13.3. The van der Waals surface area contributed by atoms with Gasteiger partial charge >= 0.3 is 0 Å². The van der Waals surface area contributed by atoms with Crippen LogP contribution in [0.1, 0.15) is 11.7 Å². The SMILES string of the molecule is COc1ccc(NCC(O)c2ccc(F)cc2F)cc1Cl. The van der Waals surface area contributed by atoms with E-state index < -0.39 is 17.7 Å². The molecule has 2 N–H and O–H groups in total. The molecule has 0 spiro atoms. The first kappa shape index (κ1) is 15.5. The fourth-order valence-corrected chi connectivity index (χ4v) is 2.13. The molecule has 2 aromatic rings. The van der Waals surface area contributed by atoms with Crippen molar-refractivity contribution in [2.45, 2.75) is 6.10 Å². The van der Waals surface area contributed by atoms with Gasteiger partial charge in [0.15, 0.2) is 0 Å². The van der Waals surface area contributed by atoms with E-state index in [9.17, 15) is 13.9 Å². The number of anilines is 1. The Balaban J connectivity index is 2.03. The zero-order valence-electron chi connectivity index (χ0n) is 11.2. The Kier molecular flexibility index (Phi) is 4.98. The molecule has 2 aromatic carbocycles. The third-order valence-electron chi connectivity index (χ3n) is 2.97. The van der Waals surface area contributed by atoms with Gasteiger partial charge in [-0.1, -0.05) is 17.7 Å². The fraction of sp³-hybridized carbons (Fsp3) is 0.200. The van der Waals surface area contributed by atoms with Crippen LogP contribution in [0.25, 0.3) is 0 Å². The molecule has 0 saturated carbocycles. The highest BCUT2D eigenvalue weighted by atomic mass is 35.5. The molecule has 6 heteroatoms. The number of rotatable bonds is 5. The molecule has 112 valence electrons. The molecule has 1 unspecified atom stereocenters. The molecular weight excluding hydrogens is 300 g/mol. The first-order valence-corrected chi connectivity index (χ1v) is 6.59. The fourth-order valence-electron chi connectivity index (χ4n) is 1.87. The highest BCUT2D eigenvalue weighted by Crippen LogP contribution is 2.27. The number of benzene rings is 2. The van der Waals surface area contributed by atoms with Gasteiger partial charge in [-0.25, -0.2) is 8.78 Å². The Labute approximate surface area is 126 Å². The standard InChI is InChI=1S/C15H14ClF2NO2/c1-21-15-5-3-10(7-12(15)16)19-8-14(20)11-4-2-9(17)6-13(11)18/h2-7,14,19-20H,8H2,1H3. The van der Waals surface area contributed by atoms with Gasteiger partial charge in [-0.05, 0) is 24.3 Å². The van der Waals surface area contributed by atoms with Gasteiger partial charge in [-0.2, -0.15) is 0 Å². The maximum absolute atomic E-state index is 13.5. The summed E-state index contributed by atoms with van der Waals surface area (Å²) >= 11 is 5.98. The zero-order valence-corrected chi connectivity index (χ0v) is 12.0. The monoisotopic (exact) mass is 313 g/mol. The molecule has 0 amide bonds. The van der Waals surface area contributed by atoms with E-state index in [1.54, 1.807) is 18.2 Å². The van der Waals surface area contributed by atoms with Crippen LogP contribution in [0.4, 0.5) is 14.5 Å². The van der Waals surface area contributed by atoms with Crippen molar-refractivity contribution < 1.29 is 18.6 Å². The first-order valence-electron chi connectivity index (χ1n) is 6.21. The molecule has 0 aliphatic heterocycles. The Bertz CT molecular complexity index is 637. The minimum absolute atomic E-state index is 0.0310. The van der Waals surface area contributed by atoms with Crippen molar-refractivity contribution in [3.8, 4) is 5.75 Å². The third-order valence-corrected chi connectivity index (χ3v) is 3.27. The molecule has 0 bridgehead atoms. The summed E-state index contributed by atoms with van der Waals surface area (Å²) < 4.78 is 31.4. The molecule has 3 nitrogen and oxygen atoms in total. The van der Waals surface area contributed by atoms with Crippen molar-refractivity contribution in [3.05, 3.63) is 58.6 Å². The number of aliphatic hydroxyl groups excluding tert-OH is 1. The Morgan fingerprint density at radius 3 is 2.62 bits per heavy atom. The average Bonchev–Trinajstić information content (AvgIpc) is 2.45. The second-order valence-electron chi connectivity index (χ2n) is 4.41. The summed E-state index contributed by atoms with van der Waals surface area (Å²) in [6, 6.07) is 8.09. The van der Waals surface area contributed by atoms with Gasteiger partial charge in [-0.15, -0.1) is 0 Å². The van der Waals surface area contributed by atoms with E-state index in [0.29, 0.717) is 16.5 Å². The quantitative estimate of drug-likeness (QED) is 0.883. The van der Waals surface area contributed by atoms with E-state index in [2.05, 4.69) is 5.32 Å². The number of ether oxygens (including phenoxy) is 1. The van der Waals surface area contributed by atoms with Gasteiger partial charge in [0, 0.05) is 23.9 Å². The molecule has 0 fully saturated rings. The van der Waals surface area contributed by atoms with E-state index >= 15 is 0 Å². The van der Waals surface area contributed by atoms with Crippen molar-refractivity contribution in [1.82, 2.24) is 0 Å². The summed E-state index contributed by atoms with van der Waals surface area (Å²) in [6.07, 6.45) is -1.11. The normalized spacial score (nSPS) is 12.0. The van der Waals surface area contributed by atoms with Gasteiger partial charge in [0.25, 0.3) is 0 Å². The van der Waals surface area contributed by atoms with Crippen molar-refractivity contribution in [3.63, 3.8) is 0 Å². The lowest BCUT2D eigenvalue weighted by Crippen LogP contribution is -2.13. The molecule has 0 radical (unpaired) electrons. The average molecular weight is 314 g/mol. The minimum Gasteiger partial charge on any atom is -0.495 e. The van der Waals surface area contributed by atoms with Crippen molar-refractivity contribution >= 4 is 17.3 Å². The van der Waals surface area contributed by atoms with Crippen LogP contribution in [0.15, 0.2) is 36.4 Å². The van der Waals surface area contributed by atoms with Gasteiger partial charge < -0.3 is 15.2 Å². The lowest BCUT2D eigenvalue weighted by Gasteiger charge is -2.14. The number of methoxy groups -OCH3 is 1. The summed E-state index contributed by atoms with van der Waals surface area (Å²) in [5.41, 5.74) is 0.686. The van der Waals surface area contributed by atoms with Crippen molar-refractivity contribution in [2.75, 3.05) is 19.0 Å². The van der Waals surface area contributed by atoms with Crippen LogP contribution in [0.2, 0.25) is 5.02 Å². The smallest absolute Gasteiger partial charge is 0.137 e. The third kappa shape index (κ3) is 3.83. The summed E-state index contributed by atoms with van der Waals surface area (Å²) in [4.78, 5) is 0. The molecule has 0 aliphatic rings. The largest absolute Gasteiger partial charge is 0.495 e. The van der Waals surface area contributed by atoms with Gasteiger partial charge in [0.05, 0.1) is 18.2 Å². The Morgan fingerprint density at radius 2 is 2.00 bits per heavy atom. The maximum atomic E-state index is 13.5. The summed E-state index contributed by atoms with van der Waals surface area (Å²) in [6.45, 7) is 0.0607. The molecule has 0 saturated heterocycles. The van der Waals surface area contributed by atoms with Crippen LogP contribution in [0.5, 0.6) is 5.75 Å². The highest BCUT2D eigenvalue weighted by molar-refractivity contribution is 6.32. The number of halogens is 3. The van der Waals surface area contributed by atoms with Crippen LogP contribution in [0.3, 0.4) is 0 Å². The molecule has 0 heterocycles. The number of hydrogen-bond donors (Lipinski definition) is 2. The van der Waals surface area contributed by atoms with Crippen LogP contribution in [-0.4, -0.2) is 18.8 Å². The van der Waals surface area contributed by atoms with E-state index in [-0.39, 0.29) is 12.1 Å². The lowest BCUT2D eigenvalue weighted by molar-refractivity contribution is 0.186. The summed E-state index contributed by atoms with van der Waals surface area (Å²) in [7, 11) is 1.51. The van der Waals surface area contributed by atoms with Gasteiger partial charge in [0.1, 0.15) is 17.4 Å². The lowest BCUT2D eigenvalue weighted by atomic mass is 10.1. The highest BCUT2D eigenvalue weighted by Gasteiger charge is 2.13. The maximum Gasteiger partial charge on any atom is 0.137 e. The minimum atomic E-state index is -1.11. The number of hydrogen-bond acceptors (Lipinski definition) is 3. The van der Waals surface area contributed by atoms with E-state index in [0.717, 1.165) is 12.1 Å². The second-order valence-corrected chi connectivity index (χ2v) is 4.82. The van der Waals surface area contributed by atoms with Crippen LogP contribution in [-0.2, 0) is 0 Å². The Hall–Kier alpha value is -1.85. The number of aliphatic hydroxyl groups is 1. The zero-order chi connectivity index (χ0) is 15.4. The first-order chi connectivity index (χ1) is 10.0. The van der Waals surface area contributed by atoms with Crippen molar-refractivity contribution in [2.24, 2.45) is 0 Å². The molecule has 1 atom stereocenters. The molecule has 0 aromatic heterocycles. The summed E-state index contributed by atoms with van der Waals surface area (Å²) in [5.74, 6) is -0.928. The van der Waals surface area contributed by atoms with E-state index in [1.807, 2.05) is 0 Å². The van der Waals surface area contributed by atoms with E-state index in [4.69, 9.17) is 16.3 Å². The van der Waals surface area contributed by atoms with Gasteiger partial charge in [0.2, 0.25) is 0 Å². The van der Waals surface area contributed by atoms with Gasteiger partial charge in [-0.3, -0.25) is 0 Å². The molecule has 0 aliphatic carbocycles. The number of nitrogens with one attached hydrogen (secondary N) is 1. The topological polar surface area (TPSA) is 41.5 Å². The molecule has 21 heavy (non-hydrogen) atoms. The molecular formula is C15H14ClF2NO2. The molecule has 2 rings (SSSR count). The van der Waals surface area contributed by atoms with Crippen LogP contribution >= 0.6 is 11.6 Å². The van der Waals surface area contributed by atoms with Crippen molar-refractivity contribution in [1.29, 1.82) is 0 Å². The predicted octanol–water partition coefficient (Wildman–Crippen LogP) is 3.77. The predicted molar refractivity (Wildman–Crippen MR) is 77.8 cm³/mol. The van der Waals surface area contributed by atoms with Crippen LogP contribution in [0, 0.1) is 11.6 Å². The van der Waals surface area contributed by atoms with Crippen LogP contribution < -0.4 is 10.1 Å². The second kappa shape index (κ2) is 6.74. The Morgan fingerprint density at radius 1 is 1.24 bits per heavy atom. The van der Waals surface area contributed by atoms with E-state index in [1.165, 1.54) is 13.2 Å².